The largest absolute Gasteiger partial charge is 0.463 e. The van der Waals surface area contributed by atoms with Gasteiger partial charge in [-0.25, -0.2) is 4.79 Å². The van der Waals surface area contributed by atoms with Crippen molar-refractivity contribution in [2.24, 2.45) is 16.3 Å². The molecule has 0 spiro atoms. The first kappa shape index (κ1) is 22.3. The minimum atomic E-state index is -0.388. The highest BCUT2D eigenvalue weighted by Gasteiger charge is 2.47. The molecule has 162 valence electrons. The summed E-state index contributed by atoms with van der Waals surface area (Å²) in [7, 11) is 0. The van der Waals surface area contributed by atoms with Crippen LogP contribution in [0.5, 0.6) is 0 Å². The third-order valence-corrected chi connectivity index (χ3v) is 6.24. The number of hydrogen-bond acceptors (Lipinski definition) is 5. The van der Waals surface area contributed by atoms with Crippen LogP contribution in [0.15, 0.2) is 40.5 Å². The lowest BCUT2D eigenvalue weighted by Gasteiger charge is -2.41. The lowest BCUT2D eigenvalue weighted by Crippen LogP contribution is -2.44. The van der Waals surface area contributed by atoms with E-state index in [1.54, 1.807) is 6.92 Å². The van der Waals surface area contributed by atoms with Gasteiger partial charge in [0.05, 0.1) is 18.1 Å². The summed E-state index contributed by atoms with van der Waals surface area (Å²) in [5.41, 5.74) is 4.10. The van der Waals surface area contributed by atoms with Gasteiger partial charge in [0, 0.05) is 42.5 Å². The van der Waals surface area contributed by atoms with E-state index in [9.17, 15) is 9.59 Å². The van der Waals surface area contributed by atoms with E-state index in [-0.39, 0.29) is 29.0 Å². The van der Waals surface area contributed by atoms with E-state index in [0.717, 1.165) is 36.5 Å². The number of Topliss-reactive ketones (excluding diaryl/α,β-unsaturated/α-hetero) is 1. The normalized spacial score (nSPS) is 23.0. The molecule has 5 nitrogen and oxygen atoms in total. The van der Waals surface area contributed by atoms with Gasteiger partial charge < -0.3 is 9.64 Å². The first-order chi connectivity index (χ1) is 14.2. The van der Waals surface area contributed by atoms with Crippen molar-refractivity contribution in [1.82, 2.24) is 0 Å². The van der Waals surface area contributed by atoms with Gasteiger partial charge in [0.25, 0.3) is 0 Å². The van der Waals surface area contributed by atoms with Crippen LogP contribution in [0.3, 0.4) is 0 Å². The summed E-state index contributed by atoms with van der Waals surface area (Å²) in [6.45, 7) is 14.3. The fraction of sp³-hybridized carbons (Fsp3) is 0.560. The van der Waals surface area contributed by atoms with Crippen molar-refractivity contribution in [3.8, 4) is 0 Å². The number of benzene rings is 1. The molecule has 2 aliphatic rings. The van der Waals surface area contributed by atoms with Gasteiger partial charge in [0.15, 0.2) is 0 Å². The van der Waals surface area contributed by atoms with Crippen LogP contribution >= 0.6 is 0 Å². The van der Waals surface area contributed by atoms with Crippen molar-refractivity contribution in [2.45, 2.75) is 60.3 Å². The quantitative estimate of drug-likeness (QED) is 0.625. The third kappa shape index (κ3) is 4.21. The molecule has 1 saturated carbocycles. The second-order valence-corrected chi connectivity index (χ2v) is 9.03. The minimum absolute atomic E-state index is 0.106. The highest BCUT2D eigenvalue weighted by atomic mass is 16.5. The molecule has 0 saturated heterocycles. The van der Waals surface area contributed by atoms with Crippen LogP contribution < -0.4 is 4.90 Å². The van der Waals surface area contributed by atoms with Crippen molar-refractivity contribution in [2.75, 3.05) is 24.6 Å². The maximum atomic E-state index is 13.3. The number of anilines is 1. The Balaban J connectivity index is 2.09. The van der Waals surface area contributed by atoms with Gasteiger partial charge in [0.1, 0.15) is 5.78 Å². The molecule has 1 aliphatic carbocycles. The topological polar surface area (TPSA) is 59.0 Å². The Bertz CT molecular complexity index is 876. The van der Waals surface area contributed by atoms with Crippen LogP contribution in [0.4, 0.5) is 5.69 Å². The molecule has 1 aliphatic heterocycles. The van der Waals surface area contributed by atoms with Crippen LogP contribution in [0, 0.1) is 11.3 Å². The molecule has 30 heavy (non-hydrogen) atoms. The average molecular weight is 411 g/mol. The summed E-state index contributed by atoms with van der Waals surface area (Å²) in [5.74, 6) is -0.934. The molecule has 1 fully saturated rings. The van der Waals surface area contributed by atoms with E-state index < -0.39 is 0 Å². The van der Waals surface area contributed by atoms with Crippen LogP contribution in [-0.4, -0.2) is 37.2 Å². The van der Waals surface area contributed by atoms with E-state index >= 15 is 0 Å². The summed E-state index contributed by atoms with van der Waals surface area (Å²) in [6, 6.07) is 8.29. The molecule has 0 amide bonds. The predicted octanol–water partition coefficient (Wildman–Crippen LogP) is 4.91. The fourth-order valence-corrected chi connectivity index (χ4v) is 4.91. The van der Waals surface area contributed by atoms with Crippen LogP contribution in [0.1, 0.15) is 65.9 Å². The van der Waals surface area contributed by atoms with E-state index in [1.165, 1.54) is 0 Å². The Kier molecular flexibility index (Phi) is 6.49. The molecule has 1 heterocycles. The Morgan fingerprint density at radius 2 is 1.73 bits per heavy atom. The summed E-state index contributed by atoms with van der Waals surface area (Å²) in [6.07, 6.45) is 1.27. The van der Waals surface area contributed by atoms with Crippen molar-refractivity contribution in [3.63, 3.8) is 0 Å². The van der Waals surface area contributed by atoms with Gasteiger partial charge in [0.2, 0.25) is 0 Å². The van der Waals surface area contributed by atoms with E-state index in [0.29, 0.717) is 24.3 Å². The SMILES string of the molecule is CCOC(=O)C1=C(C)N=C2CC(C)(C)CC(=O)C2[C@@H]1c1ccc(N(CC)CC)cc1. The summed E-state index contributed by atoms with van der Waals surface area (Å²) in [5, 5.41) is 0. The molecule has 3 rings (SSSR count). The number of ketones is 1. The number of aliphatic imine (C=N–C) groups is 1. The number of esters is 1. The molecule has 0 bridgehead atoms. The minimum Gasteiger partial charge on any atom is -0.463 e. The number of carbonyl (C=O) groups is 2. The number of rotatable bonds is 6. The maximum Gasteiger partial charge on any atom is 0.336 e. The van der Waals surface area contributed by atoms with Crippen LogP contribution in [-0.2, 0) is 14.3 Å². The van der Waals surface area contributed by atoms with Crippen molar-refractivity contribution < 1.29 is 14.3 Å². The molecule has 1 aromatic rings. The van der Waals surface area contributed by atoms with Gasteiger partial charge >= 0.3 is 5.97 Å². The molecular weight excluding hydrogens is 376 g/mol. The Morgan fingerprint density at radius 1 is 1.10 bits per heavy atom. The molecule has 0 N–H and O–H groups in total. The predicted molar refractivity (Wildman–Crippen MR) is 121 cm³/mol. The Morgan fingerprint density at radius 3 is 2.30 bits per heavy atom. The number of allylic oxidation sites excluding steroid dienone is 1. The monoisotopic (exact) mass is 410 g/mol. The summed E-state index contributed by atoms with van der Waals surface area (Å²) >= 11 is 0. The number of hydrogen-bond donors (Lipinski definition) is 0. The second kappa shape index (κ2) is 8.75. The highest BCUT2D eigenvalue weighted by Crippen LogP contribution is 2.47. The van der Waals surface area contributed by atoms with Crippen LogP contribution in [0.25, 0.3) is 0 Å². The lowest BCUT2D eigenvalue weighted by molar-refractivity contribution is -0.139. The van der Waals surface area contributed by atoms with E-state index in [4.69, 9.17) is 9.73 Å². The first-order valence-corrected chi connectivity index (χ1v) is 11.0. The maximum absolute atomic E-state index is 13.3. The molecule has 0 radical (unpaired) electrons. The number of fused-ring (bicyclic) bond motifs is 1. The molecule has 1 unspecified atom stereocenters. The fourth-order valence-electron chi connectivity index (χ4n) is 4.91. The highest BCUT2D eigenvalue weighted by molar-refractivity contribution is 6.12. The number of nitrogens with zero attached hydrogens (tertiary/aromatic N) is 2. The van der Waals surface area contributed by atoms with Gasteiger partial charge in [-0.3, -0.25) is 9.79 Å². The van der Waals surface area contributed by atoms with Gasteiger partial charge in [-0.2, -0.15) is 0 Å². The Hall–Kier alpha value is -2.43. The number of ether oxygens (including phenoxy) is 1. The standard InChI is InChI=1S/C25H34N2O3/c1-7-27(8-2)18-12-10-17(11-13-18)22-21(24(29)30-9-3)16(4)26-19-14-25(5,6)15-20(28)23(19)22/h10-13,22-23H,7-9,14-15H2,1-6H3/t22-,23?/m1/s1. The molecule has 5 heteroatoms. The summed E-state index contributed by atoms with van der Waals surface area (Å²) in [4.78, 5) is 33.2. The van der Waals surface area contributed by atoms with Crippen molar-refractivity contribution in [3.05, 3.63) is 41.1 Å². The van der Waals surface area contributed by atoms with Crippen molar-refractivity contribution >= 4 is 23.2 Å². The van der Waals surface area contributed by atoms with Gasteiger partial charge in [-0.05, 0) is 57.2 Å². The van der Waals surface area contributed by atoms with Crippen molar-refractivity contribution in [1.29, 1.82) is 0 Å². The van der Waals surface area contributed by atoms with E-state index in [2.05, 4.69) is 56.9 Å². The second-order valence-electron chi connectivity index (χ2n) is 9.03. The molecule has 0 aromatic heterocycles. The smallest absolute Gasteiger partial charge is 0.336 e. The zero-order valence-electron chi connectivity index (χ0n) is 19.1. The third-order valence-electron chi connectivity index (χ3n) is 6.24. The summed E-state index contributed by atoms with van der Waals surface area (Å²) < 4.78 is 5.37. The van der Waals surface area contributed by atoms with Crippen LogP contribution in [0.2, 0.25) is 0 Å². The first-order valence-electron chi connectivity index (χ1n) is 11.0. The average Bonchev–Trinajstić information content (AvgIpc) is 2.67. The molecule has 1 aromatic carbocycles. The van der Waals surface area contributed by atoms with Gasteiger partial charge in [-0.15, -0.1) is 0 Å². The van der Waals surface area contributed by atoms with E-state index in [1.807, 2.05) is 6.92 Å². The molecule has 2 atom stereocenters. The zero-order valence-corrected chi connectivity index (χ0v) is 19.1. The zero-order chi connectivity index (χ0) is 22.1. The van der Waals surface area contributed by atoms with Gasteiger partial charge in [-0.1, -0.05) is 26.0 Å². The lowest BCUT2D eigenvalue weighted by atomic mass is 9.63. The number of carbonyl (C=O) groups excluding carboxylic acids is 2. The Labute approximate surface area is 180 Å². The molecular formula is C25H34N2O3.